The summed E-state index contributed by atoms with van der Waals surface area (Å²) in [6, 6.07) is 9.60. The van der Waals surface area contributed by atoms with Crippen molar-refractivity contribution < 1.29 is 19.0 Å². The van der Waals surface area contributed by atoms with E-state index in [2.05, 4.69) is 25.7 Å². The SMILES string of the molecule is CCOC(=O)N1N=C(c2ccccc2)O[C@@]2(N3CCOCC3)CC[C@@H](C(C)(C)C)C[C@H]12. The van der Waals surface area contributed by atoms with Gasteiger partial charge in [0.15, 0.2) is 5.72 Å². The number of benzene rings is 1. The van der Waals surface area contributed by atoms with Crippen molar-refractivity contribution in [3.05, 3.63) is 35.9 Å². The first-order valence-corrected chi connectivity index (χ1v) is 11.5. The molecule has 2 aliphatic heterocycles. The molecule has 0 radical (unpaired) electrons. The average molecular weight is 430 g/mol. The molecule has 31 heavy (non-hydrogen) atoms. The lowest BCUT2D eigenvalue weighted by atomic mass is 9.67. The van der Waals surface area contributed by atoms with Gasteiger partial charge in [-0.3, -0.25) is 4.90 Å². The van der Waals surface area contributed by atoms with Crippen LogP contribution in [0.1, 0.15) is 52.5 Å². The van der Waals surface area contributed by atoms with E-state index >= 15 is 0 Å². The number of hydrogen-bond acceptors (Lipinski definition) is 6. The monoisotopic (exact) mass is 429 g/mol. The Labute approximate surface area is 185 Å². The smallest absolute Gasteiger partial charge is 0.430 e. The van der Waals surface area contributed by atoms with Gasteiger partial charge in [0.1, 0.15) is 6.04 Å². The van der Waals surface area contributed by atoms with Crippen molar-refractivity contribution in [1.29, 1.82) is 0 Å². The summed E-state index contributed by atoms with van der Waals surface area (Å²) in [5.41, 5.74) is 0.368. The molecule has 0 bridgehead atoms. The topological polar surface area (TPSA) is 63.6 Å². The molecule has 0 unspecified atom stereocenters. The fourth-order valence-corrected chi connectivity index (χ4v) is 5.10. The normalized spacial score (nSPS) is 29.5. The first kappa shape index (κ1) is 22.1. The highest BCUT2D eigenvalue weighted by Gasteiger charge is 2.58. The van der Waals surface area contributed by atoms with Crippen molar-refractivity contribution in [2.24, 2.45) is 16.4 Å². The van der Waals surface area contributed by atoms with Crippen LogP contribution in [0.5, 0.6) is 0 Å². The van der Waals surface area contributed by atoms with Gasteiger partial charge >= 0.3 is 6.09 Å². The van der Waals surface area contributed by atoms with Crippen LogP contribution in [0.2, 0.25) is 0 Å². The Morgan fingerprint density at radius 3 is 2.58 bits per heavy atom. The number of carbonyl (C=O) groups excluding carboxylic acids is 1. The minimum Gasteiger partial charge on any atom is -0.452 e. The van der Waals surface area contributed by atoms with E-state index in [0.717, 1.165) is 37.9 Å². The Hall–Kier alpha value is -2.12. The first-order valence-electron chi connectivity index (χ1n) is 11.5. The number of rotatable bonds is 3. The van der Waals surface area contributed by atoms with E-state index < -0.39 is 11.8 Å². The molecule has 7 nitrogen and oxygen atoms in total. The van der Waals surface area contributed by atoms with E-state index in [1.807, 2.05) is 37.3 Å². The molecule has 1 aromatic rings. The zero-order valence-electron chi connectivity index (χ0n) is 19.2. The molecule has 4 rings (SSSR count). The number of hydrazone groups is 1. The van der Waals surface area contributed by atoms with E-state index in [1.54, 1.807) is 5.01 Å². The van der Waals surface area contributed by atoms with Crippen molar-refractivity contribution >= 4 is 12.0 Å². The van der Waals surface area contributed by atoms with Crippen LogP contribution in [0.25, 0.3) is 0 Å². The van der Waals surface area contributed by atoms with Crippen molar-refractivity contribution in [1.82, 2.24) is 9.91 Å². The van der Waals surface area contributed by atoms with Gasteiger partial charge in [-0.2, -0.15) is 5.01 Å². The number of ether oxygens (including phenoxy) is 3. The molecule has 3 atom stereocenters. The van der Waals surface area contributed by atoms with Crippen LogP contribution in [-0.4, -0.2) is 66.6 Å². The minimum absolute atomic E-state index is 0.140. The lowest BCUT2D eigenvalue weighted by Gasteiger charge is -2.57. The van der Waals surface area contributed by atoms with Crippen molar-refractivity contribution in [3.63, 3.8) is 0 Å². The molecule has 2 heterocycles. The second kappa shape index (κ2) is 8.79. The average Bonchev–Trinajstić information content (AvgIpc) is 2.78. The summed E-state index contributed by atoms with van der Waals surface area (Å²) in [5.74, 6) is 0.936. The maximum Gasteiger partial charge on any atom is 0.430 e. The van der Waals surface area contributed by atoms with Gasteiger partial charge in [-0.1, -0.05) is 39.0 Å². The Kier molecular flexibility index (Phi) is 6.26. The first-order chi connectivity index (χ1) is 14.8. The maximum atomic E-state index is 13.1. The molecule has 1 aliphatic carbocycles. The summed E-state index contributed by atoms with van der Waals surface area (Å²) >= 11 is 0. The van der Waals surface area contributed by atoms with Gasteiger partial charge in [-0.25, -0.2) is 4.79 Å². The zero-order chi connectivity index (χ0) is 22.1. The van der Waals surface area contributed by atoms with Gasteiger partial charge in [-0.15, -0.1) is 5.10 Å². The number of fused-ring (bicyclic) bond motifs is 1. The fourth-order valence-electron chi connectivity index (χ4n) is 5.10. The molecular weight excluding hydrogens is 394 g/mol. The molecule has 1 amide bonds. The van der Waals surface area contributed by atoms with Gasteiger partial charge in [0.25, 0.3) is 0 Å². The van der Waals surface area contributed by atoms with Crippen LogP contribution >= 0.6 is 0 Å². The minimum atomic E-state index is -0.634. The van der Waals surface area contributed by atoms with E-state index in [-0.39, 0.29) is 11.5 Å². The molecule has 1 saturated heterocycles. The van der Waals surface area contributed by atoms with Gasteiger partial charge in [0.2, 0.25) is 5.90 Å². The Balaban J connectivity index is 1.79. The standard InChI is InChI=1S/C24H35N3O4/c1-5-30-22(28)27-20-17-19(23(2,3)4)11-12-24(20,26-13-15-29-16-14-26)31-21(25-27)18-9-7-6-8-10-18/h6-10,19-20H,5,11-17H2,1-4H3/t19-,20+,24+/m1/s1. The van der Waals surface area contributed by atoms with E-state index in [4.69, 9.17) is 19.3 Å². The Bertz CT molecular complexity index is 801. The predicted octanol–water partition coefficient (Wildman–Crippen LogP) is 4.08. The van der Waals surface area contributed by atoms with Crippen molar-refractivity contribution in [2.45, 2.75) is 58.7 Å². The number of carbonyl (C=O) groups is 1. The maximum absolute atomic E-state index is 13.1. The van der Waals surface area contributed by atoms with Crippen LogP contribution in [0.15, 0.2) is 35.4 Å². The molecule has 2 fully saturated rings. The molecule has 0 N–H and O–H groups in total. The second-order valence-corrected chi connectivity index (χ2v) is 9.71. The number of hydrogen-bond donors (Lipinski definition) is 0. The highest BCUT2D eigenvalue weighted by atomic mass is 16.6. The van der Waals surface area contributed by atoms with Crippen LogP contribution in [0.3, 0.4) is 0 Å². The van der Waals surface area contributed by atoms with Gasteiger partial charge < -0.3 is 14.2 Å². The zero-order valence-corrected chi connectivity index (χ0v) is 19.2. The summed E-state index contributed by atoms with van der Waals surface area (Å²) in [7, 11) is 0. The Morgan fingerprint density at radius 1 is 1.23 bits per heavy atom. The van der Waals surface area contributed by atoms with Crippen molar-refractivity contribution in [3.8, 4) is 0 Å². The highest BCUT2D eigenvalue weighted by molar-refractivity contribution is 5.95. The fraction of sp³-hybridized carbons (Fsp3) is 0.667. The number of nitrogens with zero attached hydrogens (tertiary/aromatic N) is 3. The molecular formula is C24H35N3O4. The lowest BCUT2D eigenvalue weighted by Crippen LogP contribution is -2.70. The molecule has 1 saturated carbocycles. The third kappa shape index (κ3) is 4.30. The molecule has 170 valence electrons. The van der Waals surface area contributed by atoms with Crippen LogP contribution in [0, 0.1) is 11.3 Å². The Morgan fingerprint density at radius 2 is 1.94 bits per heavy atom. The molecule has 0 spiro atoms. The van der Waals surface area contributed by atoms with E-state index in [0.29, 0.717) is 31.6 Å². The quantitative estimate of drug-likeness (QED) is 0.724. The van der Waals surface area contributed by atoms with Crippen LogP contribution < -0.4 is 0 Å². The summed E-state index contributed by atoms with van der Waals surface area (Å²) in [5, 5.41) is 6.28. The van der Waals surface area contributed by atoms with E-state index in [1.165, 1.54) is 0 Å². The number of amides is 1. The van der Waals surface area contributed by atoms with Gasteiger partial charge in [-0.05, 0) is 43.2 Å². The highest BCUT2D eigenvalue weighted by Crippen LogP contribution is 2.48. The van der Waals surface area contributed by atoms with Gasteiger partial charge in [0, 0.05) is 25.1 Å². The molecule has 7 heteroatoms. The summed E-state index contributed by atoms with van der Waals surface area (Å²) in [4.78, 5) is 15.5. The number of morpholine rings is 1. The second-order valence-electron chi connectivity index (χ2n) is 9.71. The summed E-state index contributed by atoms with van der Waals surface area (Å²) in [6.07, 6.45) is 2.29. The predicted molar refractivity (Wildman–Crippen MR) is 119 cm³/mol. The molecule has 1 aromatic carbocycles. The summed E-state index contributed by atoms with van der Waals surface area (Å²) < 4.78 is 17.9. The lowest BCUT2D eigenvalue weighted by molar-refractivity contribution is -0.204. The van der Waals surface area contributed by atoms with Gasteiger partial charge in [0.05, 0.1) is 19.8 Å². The largest absolute Gasteiger partial charge is 0.452 e. The van der Waals surface area contributed by atoms with Crippen LogP contribution in [-0.2, 0) is 14.2 Å². The van der Waals surface area contributed by atoms with Crippen molar-refractivity contribution in [2.75, 3.05) is 32.9 Å². The molecule has 0 aromatic heterocycles. The third-order valence-corrected chi connectivity index (χ3v) is 6.89. The van der Waals surface area contributed by atoms with Crippen LogP contribution in [0.4, 0.5) is 4.79 Å². The molecule has 3 aliphatic rings. The third-order valence-electron chi connectivity index (χ3n) is 6.89. The summed E-state index contributed by atoms with van der Waals surface area (Å²) in [6.45, 7) is 11.8. The van der Waals surface area contributed by atoms with E-state index in [9.17, 15) is 4.79 Å².